The number of benzene rings is 2. The first-order chi connectivity index (χ1) is 13.2. The maximum atomic E-state index is 13.4. The highest BCUT2D eigenvalue weighted by molar-refractivity contribution is 5.84. The molecule has 0 unspecified atom stereocenters. The lowest BCUT2D eigenvalue weighted by atomic mass is 9.99. The van der Waals surface area contributed by atoms with E-state index in [1.165, 1.54) is 0 Å². The van der Waals surface area contributed by atoms with Crippen LogP contribution in [0.1, 0.15) is 25.5 Å². The van der Waals surface area contributed by atoms with E-state index in [0.717, 1.165) is 16.5 Å². The molecule has 3 N–H and O–H groups in total. The number of nitrogens with zero attached hydrogens (tertiary/aromatic N) is 2. The van der Waals surface area contributed by atoms with Gasteiger partial charge >= 0.3 is 5.92 Å². The molecule has 3 aromatic rings. The summed E-state index contributed by atoms with van der Waals surface area (Å²) in [5.41, 5.74) is 8.00. The number of carbonyl (C=O) groups excluding carboxylic acids is 1. The minimum atomic E-state index is -3.47. The Balaban J connectivity index is 2.06. The summed E-state index contributed by atoms with van der Waals surface area (Å²) in [7, 11) is 1.56. The van der Waals surface area contributed by atoms with Gasteiger partial charge in [0, 0.05) is 18.0 Å². The summed E-state index contributed by atoms with van der Waals surface area (Å²) in [6.07, 6.45) is 1.66. The summed E-state index contributed by atoms with van der Waals surface area (Å²) in [5.74, 6) is -4.14. The van der Waals surface area contributed by atoms with Crippen molar-refractivity contribution in [2.45, 2.75) is 31.9 Å². The largest absolute Gasteiger partial charge is 0.497 e. The average molecular weight is 388 g/mol. The second kappa shape index (κ2) is 7.46. The van der Waals surface area contributed by atoms with Gasteiger partial charge in [-0.1, -0.05) is 12.1 Å². The van der Waals surface area contributed by atoms with Crippen LogP contribution in [0.3, 0.4) is 0 Å². The summed E-state index contributed by atoms with van der Waals surface area (Å²) in [6.45, 7) is 2.24. The lowest BCUT2D eigenvalue weighted by Crippen LogP contribution is -2.46. The number of hydrogen-bond acceptors (Lipinski definition) is 4. The molecule has 0 spiro atoms. The summed E-state index contributed by atoms with van der Waals surface area (Å²) in [5, 5.41) is 7.66. The zero-order valence-corrected chi connectivity index (χ0v) is 15.8. The lowest BCUT2D eigenvalue weighted by Gasteiger charge is -2.27. The number of aromatic nitrogens is 2. The summed E-state index contributed by atoms with van der Waals surface area (Å²) in [6, 6.07) is 11.4. The number of alkyl halides is 2. The number of amides is 1. The van der Waals surface area contributed by atoms with E-state index >= 15 is 0 Å². The van der Waals surface area contributed by atoms with Crippen molar-refractivity contribution in [2.24, 2.45) is 0 Å². The second-order valence-electron chi connectivity index (χ2n) is 6.78. The van der Waals surface area contributed by atoms with Crippen LogP contribution in [0.4, 0.5) is 14.5 Å². The van der Waals surface area contributed by atoms with Crippen LogP contribution in [0, 0.1) is 0 Å². The van der Waals surface area contributed by atoms with Crippen LogP contribution < -0.4 is 15.8 Å². The Labute approximate surface area is 161 Å². The molecule has 0 saturated carbocycles. The van der Waals surface area contributed by atoms with E-state index in [2.05, 4.69) is 10.4 Å². The van der Waals surface area contributed by atoms with Gasteiger partial charge in [-0.05, 0) is 42.8 Å². The molecule has 2 atom stereocenters. The number of nitrogen functional groups attached to an aromatic ring is 1. The van der Waals surface area contributed by atoms with E-state index in [1.54, 1.807) is 49.2 Å². The van der Waals surface area contributed by atoms with Gasteiger partial charge in [0.25, 0.3) is 5.91 Å². The molecule has 2 aromatic carbocycles. The van der Waals surface area contributed by atoms with E-state index < -0.39 is 23.9 Å². The van der Waals surface area contributed by atoms with Gasteiger partial charge in [0.05, 0.1) is 30.9 Å². The first-order valence-electron chi connectivity index (χ1n) is 8.76. The minimum absolute atomic E-state index is 0.515. The van der Waals surface area contributed by atoms with Gasteiger partial charge in [-0.3, -0.25) is 9.48 Å². The summed E-state index contributed by atoms with van der Waals surface area (Å²) >= 11 is 0. The van der Waals surface area contributed by atoms with Crippen LogP contribution in [0.25, 0.3) is 10.9 Å². The van der Waals surface area contributed by atoms with Gasteiger partial charge in [-0.2, -0.15) is 13.9 Å². The zero-order chi connectivity index (χ0) is 20.5. The van der Waals surface area contributed by atoms with Gasteiger partial charge < -0.3 is 15.8 Å². The fourth-order valence-corrected chi connectivity index (χ4v) is 3.15. The van der Waals surface area contributed by atoms with Gasteiger partial charge in [0.1, 0.15) is 5.75 Å². The van der Waals surface area contributed by atoms with Crippen molar-refractivity contribution in [2.75, 3.05) is 12.8 Å². The number of hydrogen-bond donors (Lipinski definition) is 2. The Hall–Kier alpha value is -3.16. The van der Waals surface area contributed by atoms with E-state index in [1.807, 2.05) is 18.2 Å². The SMILES string of the molecule is COc1ccc([C@@H]([C@H](C)NC(=O)C(C)(F)F)n2ncc3cc(N)ccc32)cc1. The predicted octanol–water partition coefficient (Wildman–Crippen LogP) is 3.38. The second-order valence-corrected chi connectivity index (χ2v) is 6.78. The molecule has 1 amide bonds. The number of nitrogens with two attached hydrogens (primary N) is 1. The van der Waals surface area contributed by atoms with Crippen LogP contribution in [0.15, 0.2) is 48.7 Å². The summed E-state index contributed by atoms with van der Waals surface area (Å²) in [4.78, 5) is 11.9. The molecular weight excluding hydrogens is 366 g/mol. The molecule has 0 bridgehead atoms. The highest BCUT2D eigenvalue weighted by atomic mass is 19.3. The van der Waals surface area contributed by atoms with Crippen LogP contribution >= 0.6 is 0 Å². The third kappa shape index (κ3) is 3.90. The van der Waals surface area contributed by atoms with Crippen molar-refractivity contribution >= 4 is 22.5 Å². The Morgan fingerprint density at radius 3 is 2.54 bits per heavy atom. The average Bonchev–Trinajstić information content (AvgIpc) is 3.04. The van der Waals surface area contributed by atoms with Crippen LogP contribution in [-0.4, -0.2) is 34.8 Å². The Kier molecular flexibility index (Phi) is 5.22. The lowest BCUT2D eigenvalue weighted by molar-refractivity contribution is -0.143. The Morgan fingerprint density at radius 2 is 1.93 bits per heavy atom. The molecule has 0 fully saturated rings. The maximum absolute atomic E-state index is 13.4. The normalized spacial score (nSPS) is 13.9. The quantitative estimate of drug-likeness (QED) is 0.635. The molecule has 1 aromatic heterocycles. The molecule has 0 saturated heterocycles. The first kappa shape index (κ1) is 19.6. The number of ether oxygens (including phenoxy) is 1. The minimum Gasteiger partial charge on any atom is -0.497 e. The molecule has 3 rings (SSSR count). The van der Waals surface area contributed by atoms with Crippen LogP contribution in [0.2, 0.25) is 0 Å². The van der Waals surface area contributed by atoms with Crippen molar-refractivity contribution in [1.82, 2.24) is 15.1 Å². The van der Waals surface area contributed by atoms with Crippen molar-refractivity contribution < 1.29 is 18.3 Å². The van der Waals surface area contributed by atoms with Crippen molar-refractivity contribution in [1.29, 1.82) is 0 Å². The third-order valence-electron chi connectivity index (χ3n) is 4.57. The van der Waals surface area contributed by atoms with Crippen molar-refractivity contribution in [3.8, 4) is 5.75 Å². The molecular formula is C20H22F2N4O2. The van der Waals surface area contributed by atoms with Crippen LogP contribution in [-0.2, 0) is 4.79 Å². The van der Waals surface area contributed by atoms with E-state index in [-0.39, 0.29) is 0 Å². The smallest absolute Gasteiger partial charge is 0.321 e. The molecule has 148 valence electrons. The van der Waals surface area contributed by atoms with Crippen molar-refractivity contribution in [3.05, 3.63) is 54.2 Å². The van der Waals surface area contributed by atoms with Gasteiger partial charge in [0.2, 0.25) is 0 Å². The molecule has 8 heteroatoms. The van der Waals surface area contributed by atoms with Crippen molar-refractivity contribution in [3.63, 3.8) is 0 Å². The van der Waals surface area contributed by atoms with Crippen LogP contribution in [0.5, 0.6) is 5.75 Å². The highest BCUT2D eigenvalue weighted by Gasteiger charge is 2.35. The molecule has 6 nitrogen and oxygen atoms in total. The third-order valence-corrected chi connectivity index (χ3v) is 4.57. The Morgan fingerprint density at radius 1 is 1.25 bits per heavy atom. The van der Waals surface area contributed by atoms with E-state index in [0.29, 0.717) is 18.4 Å². The number of halogens is 2. The number of anilines is 1. The number of carbonyl (C=O) groups is 1. The summed E-state index contributed by atoms with van der Waals surface area (Å²) < 4.78 is 33.7. The standard InChI is InChI=1S/C20H22F2N4O2/c1-12(25-19(27)20(2,21)22)18(13-4-7-16(28-3)8-5-13)26-17-9-6-15(23)10-14(17)11-24-26/h4-12,18H,23H2,1-3H3,(H,25,27)/t12-,18+/m0/s1. The molecule has 0 aliphatic heterocycles. The molecule has 0 radical (unpaired) electrons. The van der Waals surface area contributed by atoms with Gasteiger partial charge in [0.15, 0.2) is 0 Å². The maximum Gasteiger partial charge on any atom is 0.321 e. The molecule has 0 aliphatic carbocycles. The zero-order valence-electron chi connectivity index (χ0n) is 15.8. The fraction of sp³-hybridized carbons (Fsp3) is 0.300. The molecule has 28 heavy (non-hydrogen) atoms. The number of methoxy groups -OCH3 is 1. The number of nitrogens with one attached hydrogen (secondary N) is 1. The Bertz CT molecular complexity index is 980. The van der Waals surface area contributed by atoms with Gasteiger partial charge in [-0.25, -0.2) is 0 Å². The highest BCUT2D eigenvalue weighted by Crippen LogP contribution is 2.29. The monoisotopic (exact) mass is 388 g/mol. The molecule has 1 heterocycles. The van der Waals surface area contributed by atoms with Gasteiger partial charge in [-0.15, -0.1) is 0 Å². The predicted molar refractivity (Wildman–Crippen MR) is 104 cm³/mol. The van der Waals surface area contributed by atoms with E-state index in [9.17, 15) is 13.6 Å². The number of rotatable bonds is 6. The van der Waals surface area contributed by atoms with E-state index in [4.69, 9.17) is 10.5 Å². The topological polar surface area (TPSA) is 82.2 Å². The molecule has 0 aliphatic rings. The fourth-order valence-electron chi connectivity index (χ4n) is 3.15. The first-order valence-corrected chi connectivity index (χ1v) is 8.76. The number of fused-ring (bicyclic) bond motifs is 1.